The van der Waals surface area contributed by atoms with Crippen LogP contribution >= 0.6 is 15.6 Å². The van der Waals surface area contributed by atoms with Crippen LogP contribution in [-0.4, -0.2) is 127 Å². The highest BCUT2D eigenvalue weighted by atomic mass is 31.2. The number of rotatable bonds is 45. The molecule has 70 heavy (non-hydrogen) atoms. The van der Waals surface area contributed by atoms with Crippen molar-refractivity contribution in [1.82, 2.24) is 0 Å². The number of carbonyl (C=O) groups excluding carboxylic acids is 2. The molecule has 1 fully saturated rings. The van der Waals surface area contributed by atoms with E-state index in [1.807, 2.05) is 0 Å². The number of allylic oxidation sites excluding steroid dienone is 6. The molecule has 1 saturated carbocycles. The molecule has 18 nitrogen and oxygen atoms in total. The fraction of sp³-hybridized carbons (Fsp3) is 0.840. The van der Waals surface area contributed by atoms with Gasteiger partial charge in [0.05, 0.1) is 19.8 Å². The zero-order valence-corrected chi connectivity index (χ0v) is 44.1. The highest BCUT2D eigenvalue weighted by molar-refractivity contribution is 7.47. The third kappa shape index (κ3) is 35.3. The largest absolute Gasteiger partial charge is 0.472 e. The van der Waals surface area contributed by atoms with Crippen molar-refractivity contribution < 1.29 is 86.7 Å². The van der Waals surface area contributed by atoms with Crippen LogP contribution in [-0.2, 0) is 46.5 Å². The maximum absolute atomic E-state index is 12.8. The van der Waals surface area contributed by atoms with E-state index in [1.54, 1.807) is 0 Å². The fourth-order valence-electron chi connectivity index (χ4n) is 7.77. The minimum Gasteiger partial charge on any atom is -0.462 e. The monoisotopic (exact) mass is 1040 g/mol. The van der Waals surface area contributed by atoms with E-state index in [4.69, 9.17) is 33.0 Å². The van der Waals surface area contributed by atoms with Gasteiger partial charge in [-0.15, -0.1) is 0 Å². The molecule has 9 unspecified atom stereocenters. The molecule has 410 valence electrons. The van der Waals surface area contributed by atoms with Crippen LogP contribution in [0.5, 0.6) is 0 Å². The maximum Gasteiger partial charge on any atom is 0.472 e. The van der Waals surface area contributed by atoms with Gasteiger partial charge in [0.25, 0.3) is 0 Å². The number of aliphatic hydroxyl groups excluding tert-OH is 5. The average molecular weight is 1040 g/mol. The normalized spacial score (nSPS) is 21.7. The summed E-state index contributed by atoms with van der Waals surface area (Å²) in [4.78, 5) is 53.9. The molecule has 0 radical (unpaired) electrons. The van der Waals surface area contributed by atoms with Crippen molar-refractivity contribution in [3.63, 3.8) is 0 Å². The van der Waals surface area contributed by atoms with Crippen LogP contribution in [0.3, 0.4) is 0 Å². The Morgan fingerprint density at radius 3 is 1.44 bits per heavy atom. The van der Waals surface area contributed by atoms with E-state index >= 15 is 0 Å². The second kappa shape index (κ2) is 41.5. The molecule has 0 aromatic rings. The third-order valence-electron chi connectivity index (χ3n) is 11.8. The number of ether oxygens (including phenoxy) is 3. The van der Waals surface area contributed by atoms with Crippen molar-refractivity contribution in [2.75, 3.05) is 26.4 Å². The van der Waals surface area contributed by atoms with Crippen LogP contribution in [0.4, 0.5) is 0 Å². The van der Waals surface area contributed by atoms with E-state index in [9.17, 15) is 49.1 Å². The van der Waals surface area contributed by atoms with E-state index < -0.39 is 89.6 Å². The van der Waals surface area contributed by atoms with Gasteiger partial charge in [0, 0.05) is 12.8 Å². The molecule has 0 aromatic heterocycles. The summed E-state index contributed by atoms with van der Waals surface area (Å²) in [6, 6.07) is 0. The SMILES string of the molecule is CCCCCC=CCC=CCC=CCCCCCCC(=O)OC(COCC(O)COP(=O)(O)OC1C(O)C(O)C(O)C(OP(=O)(O)O)C1O)COC(=O)CCCCCCCCCCCCCCCCC. The summed E-state index contributed by atoms with van der Waals surface area (Å²) in [5, 5.41) is 51.3. The zero-order valence-electron chi connectivity index (χ0n) is 42.3. The van der Waals surface area contributed by atoms with Gasteiger partial charge < -0.3 is 54.4 Å². The maximum atomic E-state index is 12.8. The first-order valence-corrected chi connectivity index (χ1v) is 29.2. The van der Waals surface area contributed by atoms with Crippen LogP contribution in [0.1, 0.15) is 194 Å². The predicted octanol–water partition coefficient (Wildman–Crippen LogP) is 8.89. The molecule has 20 heteroatoms. The quantitative estimate of drug-likeness (QED) is 0.0122. The summed E-state index contributed by atoms with van der Waals surface area (Å²) in [6.45, 7) is 2.38. The lowest BCUT2D eigenvalue weighted by molar-refractivity contribution is -0.216. The first kappa shape index (κ1) is 66.2. The second-order valence-electron chi connectivity index (χ2n) is 18.4. The minimum absolute atomic E-state index is 0.131. The van der Waals surface area contributed by atoms with Gasteiger partial charge in [0.1, 0.15) is 49.3 Å². The lowest BCUT2D eigenvalue weighted by atomic mass is 9.85. The van der Waals surface area contributed by atoms with Crippen molar-refractivity contribution in [2.24, 2.45) is 0 Å². The predicted molar refractivity (Wildman–Crippen MR) is 267 cm³/mol. The number of unbranched alkanes of at least 4 members (excludes halogenated alkanes) is 21. The van der Waals surface area contributed by atoms with Crippen LogP contribution in [0.2, 0.25) is 0 Å². The first-order chi connectivity index (χ1) is 33.5. The molecule has 0 heterocycles. The molecular formula is C50H92O18P2. The molecule has 1 aliphatic carbocycles. The summed E-state index contributed by atoms with van der Waals surface area (Å²) in [5.41, 5.74) is 0. The van der Waals surface area contributed by atoms with Gasteiger partial charge in [-0.3, -0.25) is 23.2 Å². The molecule has 9 atom stereocenters. The number of aliphatic hydroxyl groups is 5. The molecule has 0 amide bonds. The Bertz CT molecular complexity index is 1510. The number of carbonyl (C=O) groups is 2. The number of esters is 2. The lowest BCUT2D eigenvalue weighted by Crippen LogP contribution is -2.64. The Labute approximate surface area is 418 Å². The Hall–Kier alpha value is -1.86. The van der Waals surface area contributed by atoms with Crippen LogP contribution in [0.15, 0.2) is 36.5 Å². The topological polar surface area (TPSA) is 285 Å². The van der Waals surface area contributed by atoms with Gasteiger partial charge in [-0.1, -0.05) is 166 Å². The van der Waals surface area contributed by atoms with Crippen molar-refractivity contribution in [3.05, 3.63) is 36.5 Å². The van der Waals surface area contributed by atoms with Gasteiger partial charge in [0.15, 0.2) is 6.10 Å². The Kier molecular flexibility index (Phi) is 39.2. The van der Waals surface area contributed by atoms with Crippen LogP contribution in [0, 0.1) is 0 Å². The molecule has 1 aliphatic rings. The van der Waals surface area contributed by atoms with Crippen molar-refractivity contribution in [2.45, 2.75) is 242 Å². The van der Waals surface area contributed by atoms with Gasteiger partial charge >= 0.3 is 27.6 Å². The Morgan fingerprint density at radius 1 is 0.500 bits per heavy atom. The summed E-state index contributed by atoms with van der Waals surface area (Å²) >= 11 is 0. The zero-order chi connectivity index (χ0) is 51.9. The third-order valence-corrected chi connectivity index (χ3v) is 13.3. The number of phosphoric acid groups is 2. The molecule has 0 saturated heterocycles. The standard InChI is InChI=1S/C50H92O18P2/c1-3-5-7-9-11-13-15-17-19-20-22-24-26-28-30-32-34-36-44(53)66-42(40-64-43(52)35-33-31-29-27-25-23-21-18-16-14-12-10-8-6-4-2)39-63-37-41(51)38-65-70(61,62)68-50-47(56)45(54)46(55)49(48(50)57)67-69(58,59)60/h11,13,17,19,22,24,41-42,45-51,54-57H,3-10,12,14-16,18,20-21,23,25-40H2,1-2H3,(H,61,62)(H2,58,59,60). The van der Waals surface area contributed by atoms with Gasteiger partial charge in [-0.05, 0) is 51.4 Å². The van der Waals surface area contributed by atoms with E-state index in [0.717, 1.165) is 64.2 Å². The van der Waals surface area contributed by atoms with Crippen molar-refractivity contribution in [1.29, 1.82) is 0 Å². The van der Waals surface area contributed by atoms with E-state index in [1.165, 1.54) is 89.9 Å². The lowest BCUT2D eigenvalue weighted by Gasteiger charge is -2.43. The second-order valence-corrected chi connectivity index (χ2v) is 21.0. The number of hydrogen-bond donors (Lipinski definition) is 8. The summed E-state index contributed by atoms with van der Waals surface area (Å²) in [7, 11) is -10.6. The fourth-order valence-corrected chi connectivity index (χ4v) is 9.32. The number of phosphoric ester groups is 2. The van der Waals surface area contributed by atoms with Gasteiger partial charge in [-0.25, -0.2) is 9.13 Å². The Balaban J connectivity index is 2.56. The first-order valence-electron chi connectivity index (χ1n) is 26.2. The van der Waals surface area contributed by atoms with Crippen molar-refractivity contribution >= 4 is 27.6 Å². The van der Waals surface area contributed by atoms with Gasteiger partial charge in [0.2, 0.25) is 0 Å². The summed E-state index contributed by atoms with van der Waals surface area (Å²) in [5.74, 6) is -0.969. The highest BCUT2D eigenvalue weighted by Gasteiger charge is 2.54. The summed E-state index contributed by atoms with van der Waals surface area (Å²) in [6.07, 6.45) is 26.3. The highest BCUT2D eigenvalue weighted by Crippen LogP contribution is 2.48. The summed E-state index contributed by atoms with van der Waals surface area (Å²) < 4.78 is 54.3. The molecule has 0 bridgehead atoms. The smallest absolute Gasteiger partial charge is 0.462 e. The molecular weight excluding hydrogens is 950 g/mol. The van der Waals surface area contributed by atoms with Crippen LogP contribution in [0.25, 0.3) is 0 Å². The molecule has 0 spiro atoms. The van der Waals surface area contributed by atoms with Crippen molar-refractivity contribution in [3.8, 4) is 0 Å². The Morgan fingerprint density at radius 2 is 0.929 bits per heavy atom. The molecule has 0 aliphatic heterocycles. The minimum atomic E-state index is -5.36. The molecule has 1 rings (SSSR count). The van der Waals surface area contributed by atoms with E-state index in [2.05, 4.69) is 54.8 Å². The number of hydrogen-bond acceptors (Lipinski definition) is 15. The van der Waals surface area contributed by atoms with Crippen LogP contribution < -0.4 is 0 Å². The average Bonchev–Trinajstić information content (AvgIpc) is 3.31. The van der Waals surface area contributed by atoms with Gasteiger partial charge in [-0.2, -0.15) is 0 Å². The van der Waals surface area contributed by atoms with E-state index in [0.29, 0.717) is 12.8 Å². The molecule has 0 aromatic carbocycles. The van der Waals surface area contributed by atoms with E-state index in [-0.39, 0.29) is 26.1 Å². The molecule has 8 N–H and O–H groups in total.